The van der Waals surface area contributed by atoms with Crippen molar-refractivity contribution in [3.8, 4) is 5.75 Å². The predicted molar refractivity (Wildman–Crippen MR) is 154 cm³/mol. The van der Waals surface area contributed by atoms with Crippen molar-refractivity contribution in [1.82, 2.24) is 9.21 Å². The van der Waals surface area contributed by atoms with E-state index in [0.29, 0.717) is 5.56 Å². The summed E-state index contributed by atoms with van der Waals surface area (Å²) in [5, 5.41) is 12.2. The van der Waals surface area contributed by atoms with E-state index in [1.807, 2.05) is 42.5 Å². The number of ether oxygens (including phenoxy) is 1. The van der Waals surface area contributed by atoms with Gasteiger partial charge in [-0.05, 0) is 42.3 Å². The molecule has 3 atom stereocenters. The molecule has 0 aromatic heterocycles. The summed E-state index contributed by atoms with van der Waals surface area (Å²) < 4.78 is 62.6. The average molecular weight is 586 g/mol. The van der Waals surface area contributed by atoms with E-state index in [9.17, 15) is 27.1 Å². The first-order chi connectivity index (χ1) is 19.5. The van der Waals surface area contributed by atoms with Gasteiger partial charge >= 0.3 is 6.03 Å². The quantitative estimate of drug-likeness (QED) is 0.378. The highest BCUT2D eigenvalue weighted by atomic mass is 32.2. The number of likely N-dealkylation sites (N-methyl/N-ethyl adjacent to an activating group) is 1. The zero-order chi connectivity index (χ0) is 29.7. The number of nitrogens with one attached hydrogen (secondary N) is 1. The molecule has 0 unspecified atom stereocenters. The van der Waals surface area contributed by atoms with E-state index in [-0.39, 0.29) is 36.0 Å². The normalized spacial score (nSPS) is 19.5. The lowest BCUT2D eigenvalue weighted by Gasteiger charge is -2.37. The van der Waals surface area contributed by atoms with E-state index < -0.39 is 45.8 Å². The molecule has 0 fully saturated rings. The maximum atomic E-state index is 14.1. The van der Waals surface area contributed by atoms with Crippen LogP contribution in [0.15, 0.2) is 71.6 Å². The fourth-order valence-electron chi connectivity index (χ4n) is 4.48. The van der Waals surface area contributed by atoms with Crippen molar-refractivity contribution in [1.29, 1.82) is 0 Å². The van der Waals surface area contributed by atoms with Gasteiger partial charge in [0.1, 0.15) is 28.4 Å². The molecule has 8 nitrogen and oxygen atoms in total. The molecular weight excluding hydrogens is 552 g/mol. The van der Waals surface area contributed by atoms with Crippen LogP contribution < -0.4 is 10.1 Å². The summed E-state index contributed by atoms with van der Waals surface area (Å²) >= 11 is 0. The molecule has 0 bridgehead atoms. The number of benzene rings is 3. The van der Waals surface area contributed by atoms with Gasteiger partial charge in [-0.25, -0.2) is 22.0 Å². The minimum Gasteiger partial charge on any atom is -0.487 e. The molecule has 0 spiro atoms. The highest BCUT2D eigenvalue weighted by molar-refractivity contribution is 7.89. The standard InChI is InChI=1S/C30H33F2N3O5S/c1-20-17-35(21(2)19-36)41(38,39)29-14-11-23(10-9-22-7-5-4-6-8-22)15-27(29)40-28(20)18-34(3)30(37)33-26-16-24(31)12-13-25(26)32/h4-16,20-21,28,36H,17-19H2,1-3H3,(H,33,37)/t20-,21-,28-/m1/s1. The highest BCUT2D eigenvalue weighted by Crippen LogP contribution is 2.34. The second-order valence-electron chi connectivity index (χ2n) is 10.1. The van der Waals surface area contributed by atoms with Crippen LogP contribution in [0.2, 0.25) is 0 Å². The first kappa shape index (κ1) is 30.2. The first-order valence-electron chi connectivity index (χ1n) is 13.1. The van der Waals surface area contributed by atoms with Gasteiger partial charge in [-0.1, -0.05) is 55.5 Å². The number of nitrogens with zero attached hydrogens (tertiary/aromatic N) is 2. The topological polar surface area (TPSA) is 99.2 Å². The number of rotatable bonds is 7. The molecular formula is C30H33F2N3O5S. The summed E-state index contributed by atoms with van der Waals surface area (Å²) in [6.07, 6.45) is 3.05. The molecule has 1 aliphatic heterocycles. The van der Waals surface area contributed by atoms with Gasteiger partial charge in [-0.2, -0.15) is 4.31 Å². The lowest BCUT2D eigenvalue weighted by atomic mass is 10.0. The number of sulfonamides is 1. The number of carbonyl (C=O) groups is 1. The van der Waals surface area contributed by atoms with Crippen molar-refractivity contribution in [2.45, 2.75) is 30.9 Å². The van der Waals surface area contributed by atoms with E-state index in [4.69, 9.17) is 4.74 Å². The molecule has 1 heterocycles. The Kier molecular flexibility index (Phi) is 9.42. The van der Waals surface area contributed by atoms with Crippen LogP contribution in [0, 0.1) is 17.6 Å². The number of amides is 2. The summed E-state index contributed by atoms with van der Waals surface area (Å²) in [5.41, 5.74) is 1.36. The molecule has 11 heteroatoms. The SMILES string of the molecule is C[C@@H]1CN([C@H](C)CO)S(=O)(=O)c2ccc(C=Cc3ccccc3)cc2O[C@@H]1CN(C)C(=O)Nc1cc(F)ccc1F. The van der Waals surface area contributed by atoms with Crippen molar-refractivity contribution in [2.24, 2.45) is 5.92 Å². The van der Waals surface area contributed by atoms with E-state index >= 15 is 0 Å². The van der Waals surface area contributed by atoms with Crippen LogP contribution >= 0.6 is 0 Å². The molecule has 0 saturated heterocycles. The number of halogens is 2. The largest absolute Gasteiger partial charge is 0.487 e. The van der Waals surface area contributed by atoms with E-state index in [1.54, 1.807) is 26.0 Å². The molecule has 4 rings (SSSR count). The van der Waals surface area contributed by atoms with Crippen LogP contribution in [0.3, 0.4) is 0 Å². The van der Waals surface area contributed by atoms with Gasteiger partial charge in [-0.15, -0.1) is 0 Å². The highest BCUT2D eigenvalue weighted by Gasteiger charge is 2.38. The molecule has 0 aliphatic carbocycles. The number of aliphatic hydroxyl groups is 1. The summed E-state index contributed by atoms with van der Waals surface area (Å²) in [7, 11) is -2.56. The molecule has 41 heavy (non-hydrogen) atoms. The third kappa shape index (κ3) is 7.10. The van der Waals surface area contributed by atoms with Gasteiger partial charge in [0.2, 0.25) is 10.0 Å². The number of urea groups is 1. The zero-order valence-corrected chi connectivity index (χ0v) is 23.8. The Hall–Kier alpha value is -3.80. The molecule has 218 valence electrons. The van der Waals surface area contributed by atoms with E-state index in [0.717, 1.165) is 23.8 Å². The molecule has 0 saturated carbocycles. The lowest BCUT2D eigenvalue weighted by Crippen LogP contribution is -2.50. The van der Waals surface area contributed by atoms with Crippen molar-refractivity contribution in [3.63, 3.8) is 0 Å². The maximum absolute atomic E-state index is 14.1. The second kappa shape index (κ2) is 12.8. The van der Waals surface area contributed by atoms with Gasteiger partial charge < -0.3 is 20.1 Å². The van der Waals surface area contributed by atoms with Crippen LogP contribution in [-0.2, 0) is 10.0 Å². The van der Waals surface area contributed by atoms with Gasteiger partial charge in [0.15, 0.2) is 0 Å². The number of anilines is 1. The molecule has 2 N–H and O–H groups in total. The van der Waals surface area contributed by atoms with Gasteiger partial charge in [0.25, 0.3) is 0 Å². The first-order valence-corrected chi connectivity index (χ1v) is 14.6. The van der Waals surface area contributed by atoms with Crippen LogP contribution in [0.4, 0.5) is 19.3 Å². The summed E-state index contributed by atoms with van der Waals surface area (Å²) in [5.74, 6) is -1.80. The van der Waals surface area contributed by atoms with Crippen LogP contribution in [-0.4, -0.2) is 67.7 Å². The lowest BCUT2D eigenvalue weighted by molar-refractivity contribution is 0.0830. The monoisotopic (exact) mass is 585 g/mol. The third-order valence-corrected chi connectivity index (χ3v) is 8.95. The number of carbonyl (C=O) groups excluding carboxylic acids is 1. The third-order valence-electron chi connectivity index (χ3n) is 6.93. The Morgan fingerprint density at radius 1 is 1.12 bits per heavy atom. The van der Waals surface area contributed by atoms with Crippen molar-refractivity contribution >= 4 is 33.9 Å². The van der Waals surface area contributed by atoms with Crippen LogP contribution in [0.25, 0.3) is 12.2 Å². The predicted octanol–water partition coefficient (Wildman–Crippen LogP) is 5.07. The number of hydrogen-bond acceptors (Lipinski definition) is 5. The minimum absolute atomic E-state index is 0.00878. The Balaban J connectivity index is 1.65. The fourth-order valence-corrected chi connectivity index (χ4v) is 6.30. The fraction of sp³-hybridized carbons (Fsp3) is 0.300. The molecule has 3 aromatic rings. The van der Waals surface area contributed by atoms with Crippen molar-refractivity contribution in [3.05, 3.63) is 89.5 Å². The van der Waals surface area contributed by atoms with Crippen molar-refractivity contribution < 1.29 is 31.8 Å². The van der Waals surface area contributed by atoms with Crippen LogP contribution in [0.1, 0.15) is 25.0 Å². The molecule has 2 amide bonds. The number of hydrogen-bond donors (Lipinski definition) is 2. The zero-order valence-electron chi connectivity index (χ0n) is 23.0. The van der Waals surface area contributed by atoms with Gasteiger partial charge in [0.05, 0.1) is 18.8 Å². The van der Waals surface area contributed by atoms with Crippen molar-refractivity contribution in [2.75, 3.05) is 32.1 Å². The molecule has 0 radical (unpaired) electrons. The Bertz CT molecular complexity index is 1520. The van der Waals surface area contributed by atoms with Gasteiger partial charge in [-0.3, -0.25) is 0 Å². The summed E-state index contributed by atoms with van der Waals surface area (Å²) in [6, 6.07) is 15.7. The Morgan fingerprint density at radius 2 is 1.83 bits per heavy atom. The minimum atomic E-state index is -4.03. The summed E-state index contributed by atoms with van der Waals surface area (Å²) in [6.45, 7) is 3.06. The smallest absolute Gasteiger partial charge is 0.321 e. The maximum Gasteiger partial charge on any atom is 0.321 e. The van der Waals surface area contributed by atoms with Gasteiger partial charge in [0, 0.05) is 31.6 Å². The number of fused-ring (bicyclic) bond motifs is 1. The number of aliphatic hydroxyl groups excluding tert-OH is 1. The average Bonchev–Trinajstić information content (AvgIpc) is 2.95. The second-order valence-corrected chi connectivity index (χ2v) is 12.0. The molecule has 1 aliphatic rings. The Labute approximate surface area is 238 Å². The van der Waals surface area contributed by atoms with E-state index in [2.05, 4.69) is 5.32 Å². The summed E-state index contributed by atoms with van der Waals surface area (Å²) in [4.78, 5) is 14.1. The molecule has 3 aromatic carbocycles. The van der Waals surface area contributed by atoms with Crippen LogP contribution in [0.5, 0.6) is 5.75 Å². The van der Waals surface area contributed by atoms with E-state index in [1.165, 1.54) is 22.3 Å². The Morgan fingerprint density at radius 3 is 2.54 bits per heavy atom.